The number of piperidine rings is 2. The molecular formula is C17H27N3O2S. The molecule has 4 aliphatic rings. The van der Waals surface area contributed by atoms with Gasteiger partial charge >= 0.3 is 0 Å². The maximum absolute atomic E-state index is 12.1. The van der Waals surface area contributed by atoms with E-state index in [0.29, 0.717) is 18.1 Å². The molecule has 2 unspecified atom stereocenters. The van der Waals surface area contributed by atoms with E-state index in [2.05, 4.69) is 15.1 Å². The average molecular weight is 337 g/mol. The van der Waals surface area contributed by atoms with Crippen molar-refractivity contribution >= 4 is 22.9 Å². The van der Waals surface area contributed by atoms with Gasteiger partial charge in [0.15, 0.2) is 0 Å². The number of nitrogens with one attached hydrogen (secondary N) is 1. The molecule has 4 heterocycles. The highest BCUT2D eigenvalue weighted by molar-refractivity contribution is 8.12. The number of thioether (sulfide) groups is 1. The molecule has 1 N–H and O–H groups in total. The van der Waals surface area contributed by atoms with Gasteiger partial charge in [-0.25, -0.2) is 0 Å². The van der Waals surface area contributed by atoms with E-state index in [1.54, 1.807) is 0 Å². The highest BCUT2D eigenvalue weighted by Gasteiger charge is 2.47. The van der Waals surface area contributed by atoms with Crippen LogP contribution in [-0.4, -0.2) is 65.0 Å². The van der Waals surface area contributed by atoms with Crippen LogP contribution in [0, 0.1) is 5.41 Å². The molecule has 5 nitrogen and oxygen atoms in total. The van der Waals surface area contributed by atoms with Crippen LogP contribution in [0.2, 0.25) is 0 Å². The van der Waals surface area contributed by atoms with Crippen LogP contribution in [0.25, 0.3) is 0 Å². The predicted molar refractivity (Wildman–Crippen MR) is 91.4 cm³/mol. The second-order valence-electron chi connectivity index (χ2n) is 7.88. The molecule has 2 bridgehead atoms. The number of carbonyl (C=O) groups excluding carboxylic acids is 2. The van der Waals surface area contributed by atoms with E-state index in [4.69, 9.17) is 0 Å². The van der Waals surface area contributed by atoms with Crippen LogP contribution in [0.5, 0.6) is 0 Å². The van der Waals surface area contributed by atoms with Crippen molar-refractivity contribution in [1.82, 2.24) is 15.1 Å². The summed E-state index contributed by atoms with van der Waals surface area (Å²) in [6.07, 6.45) is 9.57. The van der Waals surface area contributed by atoms with Crippen LogP contribution in [0.1, 0.15) is 44.9 Å². The zero-order chi connectivity index (χ0) is 16.0. The maximum atomic E-state index is 12.1. The van der Waals surface area contributed by atoms with E-state index in [-0.39, 0.29) is 16.6 Å². The van der Waals surface area contributed by atoms with Gasteiger partial charge in [-0.3, -0.25) is 9.59 Å². The summed E-state index contributed by atoms with van der Waals surface area (Å²) in [6.45, 7) is 3.12. The highest BCUT2D eigenvalue weighted by atomic mass is 32.2. The van der Waals surface area contributed by atoms with Crippen molar-refractivity contribution in [1.29, 1.82) is 0 Å². The topological polar surface area (TPSA) is 52.7 Å². The molecule has 0 aromatic carbocycles. The van der Waals surface area contributed by atoms with Gasteiger partial charge in [-0.05, 0) is 63.3 Å². The minimum absolute atomic E-state index is 0.236. The number of nitrogens with zero attached hydrogens (tertiary/aromatic N) is 2. The molecule has 2 amide bonds. The summed E-state index contributed by atoms with van der Waals surface area (Å²) in [5.74, 6) is 0.236. The van der Waals surface area contributed by atoms with Crippen LogP contribution >= 0.6 is 11.8 Å². The molecule has 1 spiro atoms. The van der Waals surface area contributed by atoms with E-state index in [9.17, 15) is 9.59 Å². The van der Waals surface area contributed by atoms with Gasteiger partial charge in [0.05, 0.1) is 0 Å². The van der Waals surface area contributed by atoms with Crippen molar-refractivity contribution in [3.8, 4) is 0 Å². The molecule has 0 aliphatic carbocycles. The molecular weight excluding hydrogens is 310 g/mol. The number of carbonyl (C=O) groups is 2. The predicted octanol–water partition coefficient (Wildman–Crippen LogP) is 2.07. The Morgan fingerprint density at radius 1 is 1.17 bits per heavy atom. The molecule has 4 aliphatic heterocycles. The molecule has 2 atom stereocenters. The monoisotopic (exact) mass is 337 g/mol. The number of fused-ring (bicyclic) bond motifs is 2. The highest BCUT2D eigenvalue weighted by Crippen LogP contribution is 2.42. The standard InChI is InChI=1S/C17H27N3O2S/c1-23-16(22)20-12-2-3-13(20)9-14(8-12)19-6-4-17(5-7-19)10-15(21)18-11-17/h12-14H,2-11H2,1H3,(H,18,21). The summed E-state index contributed by atoms with van der Waals surface area (Å²) in [7, 11) is 0. The molecule has 0 saturated carbocycles. The lowest BCUT2D eigenvalue weighted by Crippen LogP contribution is -2.54. The lowest BCUT2D eigenvalue weighted by Gasteiger charge is -2.47. The molecule has 6 heteroatoms. The van der Waals surface area contributed by atoms with Gasteiger partial charge < -0.3 is 15.1 Å². The SMILES string of the molecule is CSC(=O)N1C2CCC1CC(N1CCC3(CC1)CNC(=O)C3)C2. The van der Waals surface area contributed by atoms with Crippen molar-refractivity contribution in [2.24, 2.45) is 5.41 Å². The smallest absolute Gasteiger partial charge is 0.281 e. The second kappa shape index (κ2) is 5.96. The molecule has 128 valence electrons. The Labute approximate surface area is 142 Å². The average Bonchev–Trinajstić information content (AvgIpc) is 3.04. The van der Waals surface area contributed by atoms with Crippen molar-refractivity contribution < 1.29 is 9.59 Å². The number of rotatable bonds is 1. The van der Waals surface area contributed by atoms with Gasteiger partial charge in [-0.1, -0.05) is 11.8 Å². The van der Waals surface area contributed by atoms with Gasteiger partial charge in [-0.2, -0.15) is 0 Å². The first kappa shape index (κ1) is 15.8. The molecule has 23 heavy (non-hydrogen) atoms. The van der Waals surface area contributed by atoms with Crippen molar-refractivity contribution in [3.63, 3.8) is 0 Å². The number of likely N-dealkylation sites (tertiary alicyclic amines) is 1. The summed E-state index contributed by atoms with van der Waals surface area (Å²) in [6, 6.07) is 1.56. The summed E-state index contributed by atoms with van der Waals surface area (Å²) in [4.78, 5) is 28.5. The van der Waals surface area contributed by atoms with E-state index in [0.717, 1.165) is 51.7 Å². The van der Waals surface area contributed by atoms with Crippen LogP contribution in [-0.2, 0) is 4.79 Å². The number of hydrogen-bond acceptors (Lipinski definition) is 4. The second-order valence-corrected chi connectivity index (χ2v) is 8.63. The van der Waals surface area contributed by atoms with Crippen LogP contribution in [0.15, 0.2) is 0 Å². The first-order valence-corrected chi connectivity index (χ1v) is 10.2. The van der Waals surface area contributed by atoms with E-state index in [1.807, 2.05) is 6.26 Å². The van der Waals surface area contributed by atoms with Gasteiger partial charge in [0, 0.05) is 31.1 Å². The third-order valence-electron chi connectivity index (χ3n) is 6.66. The first-order valence-electron chi connectivity index (χ1n) is 8.97. The number of amides is 2. The zero-order valence-corrected chi connectivity index (χ0v) is 14.7. The Hall–Kier alpha value is -0.750. The number of hydrogen-bond donors (Lipinski definition) is 1. The van der Waals surface area contributed by atoms with Gasteiger partial charge in [0.2, 0.25) is 5.91 Å². The van der Waals surface area contributed by atoms with Crippen molar-refractivity contribution in [3.05, 3.63) is 0 Å². The quantitative estimate of drug-likeness (QED) is 0.796. The van der Waals surface area contributed by atoms with Crippen molar-refractivity contribution in [2.75, 3.05) is 25.9 Å². The molecule has 4 fully saturated rings. The largest absolute Gasteiger partial charge is 0.356 e. The van der Waals surface area contributed by atoms with E-state index in [1.165, 1.54) is 24.6 Å². The van der Waals surface area contributed by atoms with Gasteiger partial charge in [0.1, 0.15) is 0 Å². The lowest BCUT2D eigenvalue weighted by atomic mass is 9.77. The third kappa shape index (κ3) is 2.78. The fraction of sp³-hybridized carbons (Fsp3) is 0.882. The molecule has 4 saturated heterocycles. The van der Waals surface area contributed by atoms with Gasteiger partial charge in [0.25, 0.3) is 5.24 Å². The Kier molecular flexibility index (Phi) is 4.08. The normalized spacial score (nSPS) is 36.5. The molecule has 0 aromatic heterocycles. The molecule has 0 aromatic rings. The summed E-state index contributed by atoms with van der Waals surface area (Å²) in [5, 5.41) is 3.29. The maximum Gasteiger partial charge on any atom is 0.281 e. The fourth-order valence-electron chi connectivity index (χ4n) is 5.32. The minimum Gasteiger partial charge on any atom is -0.356 e. The van der Waals surface area contributed by atoms with Crippen LogP contribution < -0.4 is 5.32 Å². The van der Waals surface area contributed by atoms with Crippen LogP contribution in [0.4, 0.5) is 4.79 Å². The van der Waals surface area contributed by atoms with Gasteiger partial charge in [-0.15, -0.1) is 0 Å². The molecule has 0 radical (unpaired) electrons. The van der Waals surface area contributed by atoms with Crippen LogP contribution in [0.3, 0.4) is 0 Å². The van der Waals surface area contributed by atoms with E-state index >= 15 is 0 Å². The fourth-order valence-corrected chi connectivity index (χ4v) is 5.83. The minimum atomic E-state index is 0.236. The Balaban J connectivity index is 1.36. The Bertz CT molecular complexity index is 490. The summed E-state index contributed by atoms with van der Waals surface area (Å²) < 4.78 is 0. The first-order chi connectivity index (χ1) is 11.1. The van der Waals surface area contributed by atoms with Crippen molar-refractivity contribution in [2.45, 2.75) is 63.1 Å². The molecule has 4 rings (SSSR count). The Morgan fingerprint density at radius 2 is 1.83 bits per heavy atom. The Morgan fingerprint density at radius 3 is 2.35 bits per heavy atom. The lowest BCUT2D eigenvalue weighted by molar-refractivity contribution is -0.119. The third-order valence-corrected chi connectivity index (χ3v) is 7.22. The summed E-state index contributed by atoms with van der Waals surface area (Å²) in [5.41, 5.74) is 0.238. The van der Waals surface area contributed by atoms with E-state index < -0.39 is 0 Å². The zero-order valence-electron chi connectivity index (χ0n) is 13.9. The summed E-state index contributed by atoms with van der Waals surface area (Å²) >= 11 is 1.36.